The van der Waals surface area contributed by atoms with E-state index in [1.165, 1.54) is 38.5 Å². The zero-order valence-corrected chi connectivity index (χ0v) is 15.3. The first-order valence-corrected chi connectivity index (χ1v) is 7.79. The topological polar surface area (TPSA) is 117 Å². The number of benzene rings is 2. The Labute approximate surface area is 158 Å². The van der Waals surface area contributed by atoms with E-state index in [0.717, 1.165) is 13.2 Å². The molecule has 9 nitrogen and oxygen atoms in total. The number of methoxy groups -OCH3 is 3. The van der Waals surface area contributed by atoms with Gasteiger partial charge in [0.2, 0.25) is 0 Å². The van der Waals surface area contributed by atoms with Gasteiger partial charge in [-0.25, -0.2) is 9.59 Å². The summed E-state index contributed by atoms with van der Waals surface area (Å²) in [5.41, 5.74) is -0.252. The summed E-state index contributed by atoms with van der Waals surface area (Å²) < 4.78 is 14.4. The molecule has 0 aliphatic heterocycles. The van der Waals surface area contributed by atoms with Crippen molar-refractivity contribution in [2.45, 2.75) is 0 Å². The zero-order valence-electron chi connectivity index (χ0n) is 14.6. The summed E-state index contributed by atoms with van der Waals surface area (Å²) in [5, 5.41) is 14.5. The molecule has 0 aromatic heterocycles. The average molecular weight is 395 g/mol. The smallest absolute Gasteiger partial charge is 0.341 e. The second-order valence-corrected chi connectivity index (χ2v) is 5.56. The van der Waals surface area contributed by atoms with Crippen molar-refractivity contribution in [3.63, 3.8) is 0 Å². The summed E-state index contributed by atoms with van der Waals surface area (Å²) in [4.78, 5) is 34.6. The van der Waals surface area contributed by atoms with Gasteiger partial charge in [-0.05, 0) is 18.2 Å². The number of halogens is 1. The number of carbonyl (C=O) groups is 2. The molecule has 2 rings (SSSR count). The summed E-state index contributed by atoms with van der Waals surface area (Å²) in [5.74, 6) is -1.40. The summed E-state index contributed by atoms with van der Waals surface area (Å²) in [7, 11) is 3.66. The number of hydrogen-bond acceptors (Lipinski definition) is 8. The number of nitro groups is 1. The fourth-order valence-electron chi connectivity index (χ4n) is 2.31. The Morgan fingerprint density at radius 2 is 1.63 bits per heavy atom. The van der Waals surface area contributed by atoms with Crippen molar-refractivity contribution < 1.29 is 28.7 Å². The molecule has 0 saturated carbocycles. The predicted molar refractivity (Wildman–Crippen MR) is 97.1 cm³/mol. The van der Waals surface area contributed by atoms with Crippen molar-refractivity contribution in [1.29, 1.82) is 0 Å². The molecule has 0 atom stereocenters. The fourth-order valence-corrected chi connectivity index (χ4v) is 2.48. The third-order valence-corrected chi connectivity index (χ3v) is 3.81. The van der Waals surface area contributed by atoms with Crippen LogP contribution < -0.4 is 10.1 Å². The summed E-state index contributed by atoms with van der Waals surface area (Å²) in [6.07, 6.45) is 0. The molecule has 10 heteroatoms. The van der Waals surface area contributed by atoms with Crippen molar-refractivity contribution in [2.75, 3.05) is 26.6 Å². The molecule has 1 N–H and O–H groups in total. The highest BCUT2D eigenvalue weighted by Gasteiger charge is 2.24. The van der Waals surface area contributed by atoms with Crippen LogP contribution in [-0.2, 0) is 9.47 Å². The van der Waals surface area contributed by atoms with E-state index in [1.54, 1.807) is 0 Å². The number of hydrogen-bond donors (Lipinski definition) is 1. The fraction of sp³-hybridized carbons (Fsp3) is 0.176. The first-order chi connectivity index (χ1) is 12.8. The largest absolute Gasteiger partial charge is 0.496 e. The molecule has 0 radical (unpaired) electrons. The summed E-state index contributed by atoms with van der Waals surface area (Å²) >= 11 is 5.97. The number of esters is 2. The van der Waals surface area contributed by atoms with Crippen LogP contribution in [0.4, 0.5) is 17.1 Å². The SMILES string of the molecule is COC(=O)c1ccc(Cl)cc1Nc1cc(OC)c(C(=O)OC)cc1[N+](=O)[O-]. The molecule has 0 amide bonds. The van der Waals surface area contributed by atoms with Gasteiger partial charge in [-0.1, -0.05) is 11.6 Å². The molecule has 27 heavy (non-hydrogen) atoms. The van der Waals surface area contributed by atoms with Gasteiger partial charge >= 0.3 is 11.9 Å². The van der Waals surface area contributed by atoms with E-state index in [9.17, 15) is 19.7 Å². The Hall–Kier alpha value is -3.33. The van der Waals surface area contributed by atoms with Crippen molar-refractivity contribution in [1.82, 2.24) is 0 Å². The van der Waals surface area contributed by atoms with E-state index >= 15 is 0 Å². The molecule has 0 spiro atoms. The highest BCUT2D eigenvalue weighted by Crippen LogP contribution is 2.36. The van der Waals surface area contributed by atoms with Gasteiger partial charge in [-0.15, -0.1) is 0 Å². The second kappa shape index (κ2) is 8.37. The maximum absolute atomic E-state index is 11.9. The van der Waals surface area contributed by atoms with Crippen LogP contribution in [0.2, 0.25) is 5.02 Å². The van der Waals surface area contributed by atoms with Crippen molar-refractivity contribution >= 4 is 40.6 Å². The van der Waals surface area contributed by atoms with Crippen molar-refractivity contribution in [2.24, 2.45) is 0 Å². The van der Waals surface area contributed by atoms with Crippen LogP contribution >= 0.6 is 11.6 Å². The molecule has 142 valence electrons. The van der Waals surface area contributed by atoms with Gasteiger partial charge in [0.05, 0.1) is 37.5 Å². The summed E-state index contributed by atoms with van der Waals surface area (Å²) in [6.45, 7) is 0. The first kappa shape index (κ1) is 20.0. The van der Waals surface area contributed by atoms with Crippen molar-refractivity contribution in [3.8, 4) is 5.75 Å². The maximum Gasteiger partial charge on any atom is 0.341 e. The average Bonchev–Trinajstić information content (AvgIpc) is 2.66. The number of anilines is 2. The number of nitrogens with one attached hydrogen (secondary N) is 1. The number of nitro benzene ring substituents is 1. The lowest BCUT2D eigenvalue weighted by molar-refractivity contribution is -0.384. The molecule has 0 bridgehead atoms. The molecular formula is C17H15ClN2O7. The molecule has 0 fully saturated rings. The van der Waals surface area contributed by atoms with Gasteiger partial charge in [-0.3, -0.25) is 10.1 Å². The molecule has 0 aliphatic carbocycles. The van der Waals surface area contributed by atoms with Gasteiger partial charge in [0.15, 0.2) is 0 Å². The van der Waals surface area contributed by atoms with Crippen LogP contribution in [0.3, 0.4) is 0 Å². The summed E-state index contributed by atoms with van der Waals surface area (Å²) in [6, 6.07) is 6.59. The highest BCUT2D eigenvalue weighted by atomic mass is 35.5. The maximum atomic E-state index is 11.9. The molecule has 0 saturated heterocycles. The van der Waals surface area contributed by atoms with Crippen LogP contribution in [0.25, 0.3) is 0 Å². The van der Waals surface area contributed by atoms with E-state index in [0.29, 0.717) is 5.02 Å². The molecule has 2 aromatic carbocycles. The Balaban J connectivity index is 2.63. The van der Waals surface area contributed by atoms with Gasteiger partial charge in [0.1, 0.15) is 17.0 Å². The minimum absolute atomic E-state index is 0.0167. The van der Waals surface area contributed by atoms with Crippen LogP contribution in [0.5, 0.6) is 5.75 Å². The molecule has 0 heterocycles. The lowest BCUT2D eigenvalue weighted by atomic mass is 10.1. The monoisotopic (exact) mass is 394 g/mol. The molecule has 0 aliphatic rings. The van der Waals surface area contributed by atoms with Crippen molar-refractivity contribution in [3.05, 3.63) is 56.6 Å². The normalized spacial score (nSPS) is 10.1. The van der Waals surface area contributed by atoms with Gasteiger partial charge in [0, 0.05) is 17.2 Å². The predicted octanol–water partition coefficient (Wildman–Crippen LogP) is 3.57. The number of rotatable bonds is 6. The molecular weight excluding hydrogens is 380 g/mol. The Morgan fingerprint density at radius 3 is 2.19 bits per heavy atom. The second-order valence-electron chi connectivity index (χ2n) is 5.12. The van der Waals surface area contributed by atoms with E-state index in [-0.39, 0.29) is 28.3 Å². The lowest BCUT2D eigenvalue weighted by Crippen LogP contribution is -2.09. The van der Waals surface area contributed by atoms with E-state index < -0.39 is 22.5 Å². The van der Waals surface area contributed by atoms with E-state index in [2.05, 4.69) is 10.1 Å². The third kappa shape index (κ3) is 4.26. The highest BCUT2D eigenvalue weighted by molar-refractivity contribution is 6.31. The van der Waals surface area contributed by atoms with E-state index in [1.807, 2.05) is 0 Å². The number of ether oxygens (including phenoxy) is 3. The van der Waals surface area contributed by atoms with Crippen LogP contribution in [0, 0.1) is 10.1 Å². The molecule has 2 aromatic rings. The van der Waals surface area contributed by atoms with Gasteiger partial charge in [-0.2, -0.15) is 0 Å². The van der Waals surface area contributed by atoms with Crippen LogP contribution in [0.1, 0.15) is 20.7 Å². The Bertz CT molecular complexity index is 914. The Morgan fingerprint density at radius 1 is 1.00 bits per heavy atom. The minimum Gasteiger partial charge on any atom is -0.496 e. The number of carbonyl (C=O) groups excluding carboxylic acids is 2. The quantitative estimate of drug-likeness (QED) is 0.449. The van der Waals surface area contributed by atoms with Gasteiger partial charge in [0.25, 0.3) is 5.69 Å². The van der Waals surface area contributed by atoms with Crippen LogP contribution in [-0.4, -0.2) is 38.2 Å². The van der Waals surface area contributed by atoms with E-state index in [4.69, 9.17) is 21.1 Å². The lowest BCUT2D eigenvalue weighted by Gasteiger charge is -2.14. The molecule has 0 unspecified atom stereocenters. The van der Waals surface area contributed by atoms with Crippen LogP contribution in [0.15, 0.2) is 30.3 Å². The first-order valence-electron chi connectivity index (χ1n) is 7.42. The van der Waals surface area contributed by atoms with Gasteiger partial charge < -0.3 is 19.5 Å². The minimum atomic E-state index is -0.792. The number of nitrogens with zero attached hydrogens (tertiary/aromatic N) is 1. The zero-order chi connectivity index (χ0) is 20.1. The Kier molecular flexibility index (Phi) is 6.19. The standard InChI is InChI=1S/C17H15ClN2O7/c1-25-15-8-13(14(20(23)24)7-11(15)17(22)27-3)19-12-6-9(18)4-5-10(12)16(21)26-2/h4-8,19H,1-3H3. The third-order valence-electron chi connectivity index (χ3n) is 3.58.